The van der Waals surface area contributed by atoms with Crippen LogP contribution in [0.2, 0.25) is 0 Å². The predicted octanol–water partition coefficient (Wildman–Crippen LogP) is 1.88. The van der Waals surface area contributed by atoms with E-state index in [0.29, 0.717) is 0 Å². The van der Waals surface area contributed by atoms with E-state index in [-0.39, 0.29) is 28.5 Å². The minimum Gasteiger partial charge on any atom is -0.467 e. The fourth-order valence-corrected chi connectivity index (χ4v) is 6.22. The number of fused-ring (bicyclic) bond motifs is 1. The van der Waals surface area contributed by atoms with Gasteiger partial charge in [-0.1, -0.05) is 52.9 Å². The molecule has 5 atom stereocenters. The predicted molar refractivity (Wildman–Crippen MR) is 103 cm³/mol. The molecule has 3 rings (SSSR count). The minimum atomic E-state index is -0.742. The Kier molecular flexibility index (Phi) is 5.02. The molecule has 0 aromatic heterocycles. The number of carbonyl (C=O) groups is 3. The van der Waals surface area contributed by atoms with Gasteiger partial charge in [-0.25, -0.2) is 4.79 Å². The van der Waals surface area contributed by atoms with Gasteiger partial charge >= 0.3 is 5.97 Å². The lowest BCUT2D eigenvalue weighted by molar-refractivity contribution is -0.164. The molecule has 0 radical (unpaired) electrons. The van der Waals surface area contributed by atoms with Crippen LogP contribution in [0.5, 0.6) is 0 Å². The van der Waals surface area contributed by atoms with Crippen molar-refractivity contribution in [2.24, 2.45) is 0 Å². The molecule has 1 aromatic carbocycles. The van der Waals surface area contributed by atoms with Crippen LogP contribution in [0.3, 0.4) is 0 Å². The van der Waals surface area contributed by atoms with Crippen LogP contribution in [0.15, 0.2) is 30.3 Å². The van der Waals surface area contributed by atoms with Gasteiger partial charge in [-0.15, -0.1) is 11.8 Å². The molecule has 6 nitrogen and oxygen atoms in total. The molecule has 1 N–H and O–H groups in total. The summed E-state index contributed by atoms with van der Waals surface area (Å²) in [5.41, 5.74) is 0.920. The zero-order valence-electron chi connectivity index (χ0n) is 14.1. The third kappa shape index (κ3) is 3.03. The molecule has 25 heavy (non-hydrogen) atoms. The summed E-state index contributed by atoms with van der Waals surface area (Å²) < 4.78 is 4.28. The highest BCUT2D eigenvalue weighted by molar-refractivity contribution is 14.1. The standard InChI is InChI=1S/C17H19IN2O4S/c1-9(21)19-16-17(2,18)12(15(23)24-3)20-13(22)11(14(20)25-16)10-7-5-4-6-8-10/h4-8,11-12,14,16H,1-3H3,(H,19,21)/t11?,12?,14-,16?,17?/m1/s1. The number of benzene rings is 1. The molecule has 8 heteroatoms. The maximum atomic E-state index is 12.9. The van der Waals surface area contributed by atoms with E-state index in [9.17, 15) is 14.4 Å². The maximum Gasteiger partial charge on any atom is 0.330 e. The van der Waals surface area contributed by atoms with Crippen molar-refractivity contribution in [1.29, 1.82) is 0 Å². The van der Waals surface area contributed by atoms with E-state index in [0.717, 1.165) is 5.56 Å². The van der Waals surface area contributed by atoms with Crippen molar-refractivity contribution in [2.75, 3.05) is 7.11 Å². The zero-order valence-corrected chi connectivity index (χ0v) is 17.0. The van der Waals surface area contributed by atoms with Crippen LogP contribution in [0.1, 0.15) is 25.3 Å². The Labute approximate surface area is 164 Å². The van der Waals surface area contributed by atoms with Gasteiger partial charge in [0.05, 0.1) is 27.2 Å². The summed E-state index contributed by atoms with van der Waals surface area (Å²) in [6.07, 6.45) is 0. The molecule has 2 aliphatic rings. The van der Waals surface area contributed by atoms with Crippen LogP contribution in [0.25, 0.3) is 0 Å². The van der Waals surface area contributed by atoms with Gasteiger partial charge in [0.25, 0.3) is 0 Å². The molecule has 1 aromatic rings. The van der Waals surface area contributed by atoms with E-state index in [2.05, 4.69) is 27.9 Å². The maximum absolute atomic E-state index is 12.9. The summed E-state index contributed by atoms with van der Waals surface area (Å²) in [5.74, 6) is -1.03. The third-order valence-corrected chi connectivity index (χ3v) is 7.89. The molecule has 4 unspecified atom stereocenters. The van der Waals surface area contributed by atoms with Gasteiger partial charge < -0.3 is 15.0 Å². The van der Waals surface area contributed by atoms with Crippen molar-refractivity contribution < 1.29 is 19.1 Å². The SMILES string of the molecule is COC(=O)C1N2C(=O)C(c3ccccc3)[C@H]2SC(NC(C)=O)C1(C)I. The Hall–Kier alpha value is -1.29. The van der Waals surface area contributed by atoms with E-state index >= 15 is 0 Å². The molecular formula is C17H19IN2O4S. The number of alkyl halides is 1. The van der Waals surface area contributed by atoms with Crippen molar-refractivity contribution in [3.05, 3.63) is 35.9 Å². The fraction of sp³-hybridized carbons (Fsp3) is 0.471. The smallest absolute Gasteiger partial charge is 0.330 e. The normalized spacial score (nSPS) is 33.9. The summed E-state index contributed by atoms with van der Waals surface area (Å²) >= 11 is 3.66. The topological polar surface area (TPSA) is 75.7 Å². The molecule has 2 amide bonds. The first-order valence-electron chi connectivity index (χ1n) is 7.85. The van der Waals surface area contributed by atoms with Gasteiger partial charge in [0.2, 0.25) is 11.8 Å². The highest BCUT2D eigenvalue weighted by Gasteiger charge is 2.64. The fourth-order valence-electron chi connectivity index (χ4n) is 3.38. The van der Waals surface area contributed by atoms with E-state index < -0.39 is 15.4 Å². The summed E-state index contributed by atoms with van der Waals surface area (Å²) in [4.78, 5) is 38.6. The summed E-state index contributed by atoms with van der Waals surface area (Å²) in [5, 5.41) is 2.40. The summed E-state index contributed by atoms with van der Waals surface area (Å²) in [6.45, 7) is 3.31. The van der Waals surface area contributed by atoms with Gasteiger partial charge in [0.1, 0.15) is 6.04 Å². The van der Waals surface area contributed by atoms with Crippen LogP contribution in [-0.2, 0) is 19.1 Å². The van der Waals surface area contributed by atoms with Crippen molar-refractivity contribution >= 4 is 52.1 Å². The number of halogens is 1. The Balaban J connectivity index is 1.98. The molecule has 2 aliphatic heterocycles. The average molecular weight is 474 g/mol. The number of methoxy groups -OCH3 is 1. The number of nitrogens with one attached hydrogen (secondary N) is 1. The largest absolute Gasteiger partial charge is 0.467 e. The molecular weight excluding hydrogens is 455 g/mol. The second-order valence-electron chi connectivity index (χ2n) is 6.32. The molecule has 0 aliphatic carbocycles. The van der Waals surface area contributed by atoms with Crippen molar-refractivity contribution in [3.63, 3.8) is 0 Å². The van der Waals surface area contributed by atoms with Crippen molar-refractivity contribution in [3.8, 4) is 0 Å². The van der Waals surface area contributed by atoms with Crippen LogP contribution in [0.4, 0.5) is 0 Å². The molecule has 2 saturated heterocycles. The lowest BCUT2D eigenvalue weighted by Gasteiger charge is -2.59. The number of esters is 1. The van der Waals surface area contributed by atoms with Crippen LogP contribution in [0, 0.1) is 0 Å². The first kappa shape index (κ1) is 18.5. The molecule has 0 bridgehead atoms. The monoisotopic (exact) mass is 474 g/mol. The summed E-state index contributed by atoms with van der Waals surface area (Å²) in [6, 6.07) is 8.78. The highest BCUT2D eigenvalue weighted by Crippen LogP contribution is 2.54. The number of hydrogen-bond acceptors (Lipinski definition) is 5. The third-order valence-electron chi connectivity index (χ3n) is 4.60. The lowest BCUT2D eigenvalue weighted by Crippen LogP contribution is -2.75. The van der Waals surface area contributed by atoms with Gasteiger partial charge in [0.15, 0.2) is 0 Å². The number of β-lactam (4-membered cyclic amide) rings is 1. The second kappa shape index (κ2) is 6.79. The Morgan fingerprint density at radius 2 is 1.96 bits per heavy atom. The van der Waals surface area contributed by atoms with Crippen LogP contribution in [-0.4, -0.2) is 50.0 Å². The van der Waals surface area contributed by atoms with E-state index in [4.69, 9.17) is 4.74 Å². The minimum absolute atomic E-state index is 0.0803. The van der Waals surface area contributed by atoms with Crippen molar-refractivity contribution in [1.82, 2.24) is 10.2 Å². The number of carbonyl (C=O) groups excluding carboxylic acids is 3. The Bertz CT molecular complexity index is 712. The first-order chi connectivity index (χ1) is 11.8. The van der Waals surface area contributed by atoms with Gasteiger partial charge in [0, 0.05) is 6.92 Å². The van der Waals surface area contributed by atoms with Crippen LogP contribution < -0.4 is 5.32 Å². The summed E-state index contributed by atoms with van der Waals surface area (Å²) in [7, 11) is 1.32. The quantitative estimate of drug-likeness (QED) is 0.314. The molecule has 0 saturated carbocycles. The number of ether oxygens (including phenoxy) is 1. The number of amides is 2. The van der Waals surface area contributed by atoms with Crippen LogP contribution >= 0.6 is 34.4 Å². The highest BCUT2D eigenvalue weighted by atomic mass is 127. The van der Waals surface area contributed by atoms with Gasteiger partial charge in [-0.05, 0) is 12.5 Å². The molecule has 134 valence electrons. The second-order valence-corrected chi connectivity index (χ2v) is 9.87. The number of rotatable bonds is 3. The Morgan fingerprint density at radius 3 is 2.52 bits per heavy atom. The number of nitrogens with zero attached hydrogens (tertiary/aromatic N) is 1. The first-order valence-corrected chi connectivity index (χ1v) is 9.87. The van der Waals surface area contributed by atoms with E-state index in [1.54, 1.807) is 4.90 Å². The van der Waals surface area contributed by atoms with Gasteiger partial charge in [-0.3, -0.25) is 9.59 Å². The number of thioether (sulfide) groups is 1. The van der Waals surface area contributed by atoms with Crippen molar-refractivity contribution in [2.45, 2.75) is 40.0 Å². The molecule has 0 spiro atoms. The van der Waals surface area contributed by atoms with E-state index in [1.165, 1.54) is 25.8 Å². The molecule has 2 fully saturated rings. The molecule has 2 heterocycles. The van der Waals surface area contributed by atoms with E-state index in [1.807, 2.05) is 37.3 Å². The lowest BCUT2D eigenvalue weighted by atomic mass is 9.85. The average Bonchev–Trinajstić information content (AvgIpc) is 2.57. The number of hydrogen-bond donors (Lipinski definition) is 1. The zero-order chi connectivity index (χ0) is 18.4. The van der Waals surface area contributed by atoms with Gasteiger partial charge in [-0.2, -0.15) is 0 Å². The Morgan fingerprint density at radius 1 is 1.32 bits per heavy atom.